The maximum atomic E-state index is 12.3. The molecule has 0 unspecified atom stereocenters. The number of carbonyl (C=O) groups is 1. The average molecular weight is 348 g/mol. The van der Waals surface area contributed by atoms with Crippen molar-refractivity contribution in [3.8, 4) is 0 Å². The summed E-state index contributed by atoms with van der Waals surface area (Å²) in [5.41, 5.74) is 0.649. The molecule has 0 radical (unpaired) electrons. The topological polar surface area (TPSA) is 97.6 Å². The lowest BCUT2D eigenvalue weighted by Crippen LogP contribution is -2.36. The van der Waals surface area contributed by atoms with Gasteiger partial charge in [-0.3, -0.25) is 20.2 Å². The van der Waals surface area contributed by atoms with Crippen molar-refractivity contribution in [2.24, 2.45) is 0 Å². The largest absolute Gasteiger partial charge is 0.378 e. The number of hydrogen-bond donors (Lipinski definition) is 1. The number of nitrogens with zero attached hydrogens (tertiary/aromatic N) is 3. The number of morpholine rings is 1. The van der Waals surface area contributed by atoms with Crippen LogP contribution in [0.2, 0.25) is 0 Å². The van der Waals surface area contributed by atoms with Gasteiger partial charge in [0.2, 0.25) is 0 Å². The van der Waals surface area contributed by atoms with Gasteiger partial charge in [0.05, 0.1) is 18.1 Å². The fraction of sp³-hybridized carbons (Fsp3) is 0.333. The molecule has 1 aliphatic rings. The van der Waals surface area contributed by atoms with Crippen molar-refractivity contribution in [3.63, 3.8) is 0 Å². The van der Waals surface area contributed by atoms with Crippen molar-refractivity contribution >= 4 is 33.8 Å². The van der Waals surface area contributed by atoms with Gasteiger partial charge in [0.15, 0.2) is 5.13 Å². The number of rotatable bonds is 4. The predicted octanol–water partition coefficient (Wildman–Crippen LogP) is 2.45. The Morgan fingerprint density at radius 1 is 1.42 bits per heavy atom. The number of nitro benzene ring substituents is 1. The molecular weight excluding hydrogens is 332 g/mol. The minimum absolute atomic E-state index is 0.0835. The summed E-state index contributed by atoms with van der Waals surface area (Å²) in [6, 6.07) is 4.51. The number of benzene rings is 1. The lowest BCUT2D eigenvalue weighted by Gasteiger charge is -2.28. The zero-order valence-corrected chi connectivity index (χ0v) is 13.8. The van der Waals surface area contributed by atoms with Crippen molar-refractivity contribution in [2.75, 3.05) is 36.5 Å². The summed E-state index contributed by atoms with van der Waals surface area (Å²) >= 11 is 1.35. The second-order valence-electron chi connectivity index (χ2n) is 5.29. The second-order valence-corrected chi connectivity index (χ2v) is 6.52. The van der Waals surface area contributed by atoms with Crippen molar-refractivity contribution < 1.29 is 14.5 Å². The summed E-state index contributed by atoms with van der Waals surface area (Å²) in [5.74, 6) is -0.416. The highest BCUT2D eigenvalue weighted by molar-refractivity contribution is 7.15. The van der Waals surface area contributed by atoms with Gasteiger partial charge in [-0.25, -0.2) is 4.98 Å². The molecule has 24 heavy (non-hydrogen) atoms. The van der Waals surface area contributed by atoms with Crippen molar-refractivity contribution in [1.82, 2.24) is 4.98 Å². The molecule has 1 aromatic heterocycles. The summed E-state index contributed by atoms with van der Waals surface area (Å²) in [7, 11) is 0. The fourth-order valence-corrected chi connectivity index (χ4v) is 3.12. The fourth-order valence-electron chi connectivity index (χ4n) is 2.46. The van der Waals surface area contributed by atoms with Crippen LogP contribution in [-0.2, 0) is 4.74 Å². The maximum absolute atomic E-state index is 12.3. The van der Waals surface area contributed by atoms with Crippen LogP contribution in [-0.4, -0.2) is 42.1 Å². The first-order chi connectivity index (χ1) is 11.5. The molecule has 1 aliphatic heterocycles. The Labute approximate surface area is 142 Å². The van der Waals surface area contributed by atoms with Crippen molar-refractivity contribution in [3.05, 3.63) is 45.0 Å². The molecule has 2 heterocycles. The van der Waals surface area contributed by atoms with Gasteiger partial charge in [-0.05, 0) is 19.1 Å². The molecule has 1 saturated heterocycles. The van der Waals surface area contributed by atoms with E-state index < -0.39 is 10.8 Å². The number of ether oxygens (including phenoxy) is 1. The minimum atomic E-state index is -0.463. The van der Waals surface area contributed by atoms with Crippen LogP contribution in [0.1, 0.15) is 15.2 Å². The molecule has 0 saturated carbocycles. The van der Waals surface area contributed by atoms with E-state index in [4.69, 9.17) is 4.74 Å². The number of hydrogen-bond acceptors (Lipinski definition) is 7. The summed E-state index contributed by atoms with van der Waals surface area (Å²) in [4.78, 5) is 30.2. The third-order valence-electron chi connectivity index (χ3n) is 3.63. The Kier molecular flexibility index (Phi) is 4.72. The first-order valence-corrected chi connectivity index (χ1v) is 8.21. The molecule has 0 atom stereocenters. The SMILES string of the molecule is Cc1cnc(NC(=O)c2ccc(N3CCOCC3)c([N+](=O)[O-])c2)s1. The van der Waals surface area contributed by atoms with Crippen LogP contribution in [0.3, 0.4) is 0 Å². The molecule has 0 bridgehead atoms. The van der Waals surface area contributed by atoms with Gasteiger partial charge in [0, 0.05) is 35.8 Å². The quantitative estimate of drug-likeness (QED) is 0.673. The maximum Gasteiger partial charge on any atom is 0.293 e. The Bertz CT molecular complexity index is 771. The first-order valence-electron chi connectivity index (χ1n) is 7.39. The van der Waals surface area contributed by atoms with E-state index in [0.29, 0.717) is 37.1 Å². The highest BCUT2D eigenvalue weighted by atomic mass is 32.1. The normalized spacial score (nSPS) is 14.5. The van der Waals surface area contributed by atoms with E-state index in [9.17, 15) is 14.9 Å². The van der Waals surface area contributed by atoms with Crippen LogP contribution in [0.4, 0.5) is 16.5 Å². The Balaban J connectivity index is 1.85. The van der Waals surface area contributed by atoms with Gasteiger partial charge in [0.1, 0.15) is 5.69 Å². The van der Waals surface area contributed by atoms with Crippen LogP contribution < -0.4 is 10.2 Å². The molecule has 8 nitrogen and oxygen atoms in total. The number of aryl methyl sites for hydroxylation is 1. The zero-order chi connectivity index (χ0) is 17.1. The lowest BCUT2D eigenvalue weighted by atomic mass is 10.1. The lowest BCUT2D eigenvalue weighted by molar-refractivity contribution is -0.384. The number of thiazole rings is 1. The number of anilines is 2. The van der Waals surface area contributed by atoms with Gasteiger partial charge >= 0.3 is 0 Å². The summed E-state index contributed by atoms with van der Waals surface area (Å²) in [6.45, 7) is 4.12. The predicted molar refractivity (Wildman–Crippen MR) is 90.9 cm³/mol. The summed E-state index contributed by atoms with van der Waals surface area (Å²) in [5, 5.41) is 14.5. The standard InChI is InChI=1S/C15H16N4O4S/c1-10-9-16-15(24-10)17-14(20)11-2-3-12(13(8-11)19(21)22)18-4-6-23-7-5-18/h2-3,8-9H,4-7H2,1H3,(H,16,17,20). The van der Waals surface area contributed by atoms with Crippen LogP contribution in [0.5, 0.6) is 0 Å². The van der Waals surface area contributed by atoms with Gasteiger partial charge in [-0.1, -0.05) is 0 Å². The van der Waals surface area contributed by atoms with Crippen LogP contribution in [0.25, 0.3) is 0 Å². The van der Waals surface area contributed by atoms with E-state index >= 15 is 0 Å². The van der Waals surface area contributed by atoms with Gasteiger partial charge in [-0.2, -0.15) is 0 Å². The number of carbonyl (C=O) groups excluding carboxylic acids is 1. The monoisotopic (exact) mass is 348 g/mol. The highest BCUT2D eigenvalue weighted by Gasteiger charge is 2.23. The van der Waals surface area contributed by atoms with E-state index in [0.717, 1.165) is 4.88 Å². The second kappa shape index (κ2) is 6.93. The molecule has 1 aromatic carbocycles. The van der Waals surface area contributed by atoms with E-state index in [-0.39, 0.29) is 11.3 Å². The number of nitrogens with one attached hydrogen (secondary N) is 1. The van der Waals surface area contributed by atoms with Gasteiger partial charge in [-0.15, -0.1) is 11.3 Å². The Morgan fingerprint density at radius 2 is 2.17 bits per heavy atom. The molecule has 1 fully saturated rings. The number of nitro groups is 1. The third-order valence-corrected chi connectivity index (χ3v) is 4.46. The van der Waals surface area contributed by atoms with Crippen molar-refractivity contribution in [1.29, 1.82) is 0 Å². The van der Waals surface area contributed by atoms with E-state index in [1.165, 1.54) is 17.4 Å². The van der Waals surface area contributed by atoms with E-state index in [1.54, 1.807) is 18.3 Å². The van der Waals surface area contributed by atoms with Gasteiger partial charge < -0.3 is 9.64 Å². The average Bonchev–Trinajstić information content (AvgIpc) is 3.00. The molecule has 2 aromatic rings. The van der Waals surface area contributed by atoms with E-state index in [1.807, 2.05) is 11.8 Å². The molecule has 9 heteroatoms. The molecule has 3 rings (SSSR count). The van der Waals surface area contributed by atoms with Gasteiger partial charge in [0.25, 0.3) is 11.6 Å². The Hall–Kier alpha value is -2.52. The molecule has 1 amide bonds. The zero-order valence-electron chi connectivity index (χ0n) is 13.0. The molecular formula is C15H16N4O4S. The molecule has 0 spiro atoms. The van der Waals surface area contributed by atoms with Crippen molar-refractivity contribution in [2.45, 2.75) is 6.92 Å². The first kappa shape index (κ1) is 16.3. The summed E-state index contributed by atoms with van der Waals surface area (Å²) < 4.78 is 5.27. The molecule has 0 aliphatic carbocycles. The molecule has 126 valence electrons. The number of amides is 1. The van der Waals surface area contributed by atoms with Crippen LogP contribution >= 0.6 is 11.3 Å². The smallest absolute Gasteiger partial charge is 0.293 e. The Morgan fingerprint density at radius 3 is 2.79 bits per heavy atom. The highest BCUT2D eigenvalue weighted by Crippen LogP contribution is 2.30. The third kappa shape index (κ3) is 3.52. The van der Waals surface area contributed by atoms with Crippen LogP contribution in [0.15, 0.2) is 24.4 Å². The molecule has 1 N–H and O–H groups in total. The van der Waals surface area contributed by atoms with E-state index in [2.05, 4.69) is 10.3 Å². The van der Waals surface area contributed by atoms with Crippen LogP contribution in [0, 0.1) is 17.0 Å². The number of aromatic nitrogens is 1. The summed E-state index contributed by atoms with van der Waals surface area (Å²) in [6.07, 6.45) is 1.66. The minimum Gasteiger partial charge on any atom is -0.378 e.